The predicted octanol–water partition coefficient (Wildman–Crippen LogP) is 2.25. The molecule has 0 saturated heterocycles. The second kappa shape index (κ2) is 6.65. The summed E-state index contributed by atoms with van der Waals surface area (Å²) in [6.07, 6.45) is 1.86. The van der Waals surface area contributed by atoms with Crippen LogP contribution in [0.1, 0.15) is 12.5 Å². The van der Waals surface area contributed by atoms with Crippen molar-refractivity contribution < 1.29 is 4.74 Å². The van der Waals surface area contributed by atoms with Crippen molar-refractivity contribution >= 4 is 0 Å². The van der Waals surface area contributed by atoms with Crippen LogP contribution in [0.3, 0.4) is 0 Å². The van der Waals surface area contributed by atoms with E-state index in [1.807, 2.05) is 43.3 Å². The van der Waals surface area contributed by atoms with E-state index in [2.05, 4.69) is 11.9 Å². The molecule has 1 aromatic carbocycles. The zero-order valence-corrected chi connectivity index (χ0v) is 9.44. The van der Waals surface area contributed by atoms with E-state index in [1.165, 1.54) is 0 Å². The lowest BCUT2D eigenvalue weighted by atomic mass is 10.2. The largest absolute Gasteiger partial charge is 0.479 e. The smallest absolute Gasteiger partial charge is 0.174 e. The van der Waals surface area contributed by atoms with Gasteiger partial charge in [0.15, 0.2) is 6.61 Å². The topological polar surface area (TPSA) is 45.0 Å². The van der Waals surface area contributed by atoms with Gasteiger partial charge in [0.25, 0.3) is 0 Å². The summed E-state index contributed by atoms with van der Waals surface area (Å²) in [5, 5.41) is 11.7. The molecule has 0 aromatic heterocycles. The van der Waals surface area contributed by atoms with Crippen LogP contribution in [0.25, 0.3) is 0 Å². The lowest BCUT2D eigenvalue weighted by molar-refractivity contribution is 0.367. The molecule has 0 aliphatic rings. The van der Waals surface area contributed by atoms with E-state index in [1.54, 1.807) is 0 Å². The van der Waals surface area contributed by atoms with Gasteiger partial charge >= 0.3 is 0 Å². The summed E-state index contributed by atoms with van der Waals surface area (Å²) in [5.41, 5.74) is 1.13. The molecule has 3 heteroatoms. The molecule has 0 heterocycles. The third-order valence-electron chi connectivity index (χ3n) is 2.18. The van der Waals surface area contributed by atoms with Crippen LogP contribution in [0.4, 0.5) is 0 Å². The standard InChI is InChI=1S/C13H16N2O/c1-3-11(2)15-10-12-5-4-6-13(9-12)16-8-7-14/h3-6,9,11,15H,1,8,10H2,2H3. The Morgan fingerprint density at radius 2 is 2.44 bits per heavy atom. The van der Waals surface area contributed by atoms with Crippen molar-refractivity contribution in [2.45, 2.75) is 19.5 Å². The quantitative estimate of drug-likeness (QED) is 0.742. The van der Waals surface area contributed by atoms with Crippen LogP contribution in [0.15, 0.2) is 36.9 Å². The highest BCUT2D eigenvalue weighted by molar-refractivity contribution is 5.28. The zero-order valence-electron chi connectivity index (χ0n) is 9.44. The fraction of sp³-hybridized carbons (Fsp3) is 0.308. The molecule has 0 radical (unpaired) electrons. The van der Waals surface area contributed by atoms with E-state index in [4.69, 9.17) is 10.00 Å². The van der Waals surface area contributed by atoms with E-state index in [0.717, 1.165) is 17.9 Å². The van der Waals surface area contributed by atoms with Crippen LogP contribution in [-0.4, -0.2) is 12.6 Å². The van der Waals surface area contributed by atoms with Crippen molar-refractivity contribution in [1.29, 1.82) is 5.26 Å². The number of hydrogen-bond acceptors (Lipinski definition) is 3. The molecule has 0 aliphatic carbocycles. The number of benzene rings is 1. The molecule has 1 unspecified atom stereocenters. The summed E-state index contributed by atoms with van der Waals surface area (Å²) in [7, 11) is 0. The van der Waals surface area contributed by atoms with Gasteiger partial charge < -0.3 is 10.1 Å². The number of nitrogens with one attached hydrogen (secondary N) is 1. The summed E-state index contributed by atoms with van der Waals surface area (Å²) < 4.78 is 5.22. The van der Waals surface area contributed by atoms with Gasteiger partial charge in [0, 0.05) is 12.6 Å². The SMILES string of the molecule is C=CC(C)NCc1cccc(OCC#N)c1. The van der Waals surface area contributed by atoms with Crippen molar-refractivity contribution in [2.75, 3.05) is 6.61 Å². The normalized spacial score (nSPS) is 11.5. The van der Waals surface area contributed by atoms with Crippen molar-refractivity contribution in [3.05, 3.63) is 42.5 Å². The van der Waals surface area contributed by atoms with Gasteiger partial charge in [-0.1, -0.05) is 18.2 Å². The molecule has 16 heavy (non-hydrogen) atoms. The van der Waals surface area contributed by atoms with E-state index in [0.29, 0.717) is 0 Å². The minimum absolute atomic E-state index is 0.0833. The maximum Gasteiger partial charge on any atom is 0.174 e. The third-order valence-corrected chi connectivity index (χ3v) is 2.18. The van der Waals surface area contributed by atoms with Gasteiger partial charge in [0.05, 0.1) is 0 Å². The highest BCUT2D eigenvalue weighted by atomic mass is 16.5. The van der Waals surface area contributed by atoms with E-state index < -0.39 is 0 Å². The molecular weight excluding hydrogens is 200 g/mol. The Balaban J connectivity index is 2.53. The van der Waals surface area contributed by atoms with Gasteiger partial charge in [-0.15, -0.1) is 6.58 Å². The maximum absolute atomic E-state index is 8.41. The fourth-order valence-electron chi connectivity index (χ4n) is 1.22. The summed E-state index contributed by atoms with van der Waals surface area (Å²) >= 11 is 0. The first-order chi connectivity index (χ1) is 7.76. The van der Waals surface area contributed by atoms with Crippen LogP contribution < -0.4 is 10.1 Å². The minimum Gasteiger partial charge on any atom is -0.479 e. The molecule has 0 fully saturated rings. The van der Waals surface area contributed by atoms with Gasteiger partial charge in [-0.25, -0.2) is 0 Å². The highest BCUT2D eigenvalue weighted by Crippen LogP contribution is 2.13. The maximum atomic E-state index is 8.41. The number of nitrogens with zero attached hydrogens (tertiary/aromatic N) is 1. The minimum atomic E-state index is 0.0833. The molecule has 0 aliphatic heterocycles. The Bertz CT molecular complexity index is 382. The molecule has 0 amide bonds. The fourth-order valence-corrected chi connectivity index (χ4v) is 1.22. The molecule has 3 nitrogen and oxygen atoms in total. The highest BCUT2D eigenvalue weighted by Gasteiger charge is 1.98. The summed E-state index contributed by atoms with van der Waals surface area (Å²) in [5.74, 6) is 0.729. The van der Waals surface area contributed by atoms with Crippen molar-refractivity contribution in [2.24, 2.45) is 0 Å². The molecule has 1 N–H and O–H groups in total. The van der Waals surface area contributed by atoms with E-state index in [-0.39, 0.29) is 12.6 Å². The first-order valence-electron chi connectivity index (χ1n) is 5.21. The molecule has 0 bridgehead atoms. The van der Waals surface area contributed by atoms with Crippen LogP contribution in [-0.2, 0) is 6.54 Å². The van der Waals surface area contributed by atoms with Gasteiger partial charge in [-0.2, -0.15) is 5.26 Å². The lowest BCUT2D eigenvalue weighted by Crippen LogP contribution is -2.22. The first-order valence-corrected chi connectivity index (χ1v) is 5.21. The average molecular weight is 216 g/mol. The Morgan fingerprint density at radius 1 is 1.62 bits per heavy atom. The molecule has 84 valence electrons. The summed E-state index contributed by atoms with van der Waals surface area (Å²) in [6, 6.07) is 9.94. The third kappa shape index (κ3) is 4.16. The van der Waals surface area contributed by atoms with Crippen LogP contribution in [0, 0.1) is 11.3 Å². The van der Waals surface area contributed by atoms with Crippen LogP contribution in [0.5, 0.6) is 5.75 Å². The summed E-state index contributed by atoms with van der Waals surface area (Å²) in [4.78, 5) is 0. The number of nitriles is 1. The number of rotatable bonds is 6. The lowest BCUT2D eigenvalue weighted by Gasteiger charge is -2.10. The van der Waals surface area contributed by atoms with Crippen molar-refractivity contribution in [3.8, 4) is 11.8 Å². The van der Waals surface area contributed by atoms with Crippen LogP contribution in [0.2, 0.25) is 0 Å². The summed E-state index contributed by atoms with van der Waals surface area (Å²) in [6.45, 7) is 6.60. The predicted molar refractivity (Wildman–Crippen MR) is 64.0 cm³/mol. The monoisotopic (exact) mass is 216 g/mol. The number of ether oxygens (including phenoxy) is 1. The Hall–Kier alpha value is -1.79. The van der Waals surface area contributed by atoms with Crippen LogP contribution >= 0.6 is 0 Å². The Morgan fingerprint density at radius 3 is 3.12 bits per heavy atom. The van der Waals surface area contributed by atoms with Gasteiger partial charge in [0.1, 0.15) is 11.8 Å². The molecule has 1 atom stereocenters. The van der Waals surface area contributed by atoms with Gasteiger partial charge in [-0.3, -0.25) is 0 Å². The molecular formula is C13H16N2O. The molecule has 0 saturated carbocycles. The second-order valence-electron chi connectivity index (χ2n) is 3.50. The number of hydrogen-bond donors (Lipinski definition) is 1. The van der Waals surface area contributed by atoms with Gasteiger partial charge in [-0.05, 0) is 24.6 Å². The first kappa shape index (κ1) is 12.3. The second-order valence-corrected chi connectivity index (χ2v) is 3.50. The average Bonchev–Trinajstić information content (AvgIpc) is 2.34. The van der Waals surface area contributed by atoms with Crippen molar-refractivity contribution in [1.82, 2.24) is 5.32 Å². The van der Waals surface area contributed by atoms with E-state index in [9.17, 15) is 0 Å². The Labute approximate surface area is 96.4 Å². The Kier molecular flexibility index (Phi) is 5.10. The van der Waals surface area contributed by atoms with E-state index >= 15 is 0 Å². The van der Waals surface area contributed by atoms with Crippen molar-refractivity contribution in [3.63, 3.8) is 0 Å². The molecule has 1 rings (SSSR count). The zero-order chi connectivity index (χ0) is 11.8. The molecule has 1 aromatic rings. The molecule has 0 spiro atoms. The van der Waals surface area contributed by atoms with Gasteiger partial charge in [0.2, 0.25) is 0 Å².